The van der Waals surface area contributed by atoms with Crippen molar-refractivity contribution in [2.75, 3.05) is 24.6 Å². The van der Waals surface area contributed by atoms with Crippen molar-refractivity contribution in [3.8, 4) is 5.75 Å². The smallest absolute Gasteiger partial charge is 0.350 e. The van der Waals surface area contributed by atoms with Gasteiger partial charge in [-0.3, -0.25) is 4.79 Å². The van der Waals surface area contributed by atoms with Crippen LogP contribution in [-0.4, -0.2) is 42.8 Å². The zero-order valence-electron chi connectivity index (χ0n) is 18.2. The van der Waals surface area contributed by atoms with Gasteiger partial charge in [0, 0.05) is 13.1 Å². The number of carbonyl (C=O) groups is 2. The summed E-state index contributed by atoms with van der Waals surface area (Å²) in [5, 5.41) is 0. The Labute approximate surface area is 172 Å². The van der Waals surface area contributed by atoms with E-state index in [2.05, 4.69) is 0 Å². The van der Waals surface area contributed by atoms with Gasteiger partial charge in [0.25, 0.3) is 0 Å². The first-order valence-electron chi connectivity index (χ1n) is 10.1. The van der Waals surface area contributed by atoms with E-state index in [0.29, 0.717) is 25.4 Å². The molecule has 1 saturated heterocycles. The third-order valence-electron chi connectivity index (χ3n) is 4.58. The minimum Gasteiger partial charge on any atom is -0.473 e. The number of rotatable bonds is 6. The van der Waals surface area contributed by atoms with Crippen LogP contribution in [0.3, 0.4) is 0 Å². The number of carbonyl (C=O) groups excluding carboxylic acids is 2. The van der Waals surface area contributed by atoms with Crippen LogP contribution >= 0.6 is 0 Å². The summed E-state index contributed by atoms with van der Waals surface area (Å²) >= 11 is 0. The molecule has 0 spiro atoms. The standard InChI is InChI=1S/C22H32FNO5/c1-7-27-19(25)15-10-9-13-24(14-15)16-11-8-12-17(18(16)23)28-22(5,6)20(26)29-21(2,3)4/h8,11-12,15H,7,9-10,13-14H2,1-6H3/t15-/m1/s1. The summed E-state index contributed by atoms with van der Waals surface area (Å²) in [6.45, 7) is 11.5. The molecule has 0 aromatic heterocycles. The van der Waals surface area contributed by atoms with Crippen LogP contribution in [0.1, 0.15) is 54.4 Å². The maximum absolute atomic E-state index is 15.2. The first-order valence-corrected chi connectivity index (χ1v) is 10.1. The van der Waals surface area contributed by atoms with Crippen LogP contribution in [0.5, 0.6) is 5.75 Å². The quantitative estimate of drug-likeness (QED) is 0.659. The third kappa shape index (κ3) is 6.08. The van der Waals surface area contributed by atoms with Crippen LogP contribution < -0.4 is 9.64 Å². The Morgan fingerprint density at radius 3 is 2.52 bits per heavy atom. The van der Waals surface area contributed by atoms with Crippen molar-refractivity contribution in [2.45, 2.75) is 65.6 Å². The minimum absolute atomic E-state index is 0.0309. The molecule has 162 valence electrons. The van der Waals surface area contributed by atoms with Crippen LogP contribution in [0, 0.1) is 11.7 Å². The Morgan fingerprint density at radius 1 is 1.21 bits per heavy atom. The molecule has 1 aliphatic heterocycles. The van der Waals surface area contributed by atoms with Crippen LogP contribution in [0.2, 0.25) is 0 Å². The van der Waals surface area contributed by atoms with E-state index in [1.165, 1.54) is 6.07 Å². The lowest BCUT2D eigenvalue weighted by atomic mass is 9.97. The van der Waals surface area contributed by atoms with Crippen molar-refractivity contribution in [3.63, 3.8) is 0 Å². The first kappa shape index (κ1) is 23.0. The van der Waals surface area contributed by atoms with Gasteiger partial charge in [0.05, 0.1) is 18.2 Å². The van der Waals surface area contributed by atoms with Crippen LogP contribution in [0.25, 0.3) is 0 Å². The predicted molar refractivity (Wildman–Crippen MR) is 109 cm³/mol. The van der Waals surface area contributed by atoms with Crippen LogP contribution in [-0.2, 0) is 19.1 Å². The molecular formula is C22H32FNO5. The fourth-order valence-corrected chi connectivity index (χ4v) is 3.19. The summed E-state index contributed by atoms with van der Waals surface area (Å²) in [5.74, 6) is -1.71. The summed E-state index contributed by atoms with van der Waals surface area (Å²) in [6, 6.07) is 4.81. The Morgan fingerprint density at radius 2 is 1.90 bits per heavy atom. The molecule has 2 rings (SSSR count). The first-order chi connectivity index (χ1) is 13.4. The summed E-state index contributed by atoms with van der Waals surface area (Å²) in [6.07, 6.45) is 1.48. The molecule has 29 heavy (non-hydrogen) atoms. The van der Waals surface area contributed by atoms with Gasteiger partial charge in [0.2, 0.25) is 0 Å². The molecule has 1 aliphatic rings. The second kappa shape index (κ2) is 9.01. The molecule has 0 aliphatic carbocycles. The molecule has 1 aromatic rings. The maximum Gasteiger partial charge on any atom is 0.350 e. The van der Waals surface area contributed by atoms with Crippen molar-refractivity contribution >= 4 is 17.6 Å². The van der Waals surface area contributed by atoms with Gasteiger partial charge in [-0.15, -0.1) is 0 Å². The highest BCUT2D eigenvalue weighted by Gasteiger charge is 2.36. The second-order valence-corrected chi connectivity index (χ2v) is 8.74. The second-order valence-electron chi connectivity index (χ2n) is 8.74. The molecule has 0 radical (unpaired) electrons. The number of hydrogen-bond acceptors (Lipinski definition) is 6. The molecule has 0 saturated carbocycles. The van der Waals surface area contributed by atoms with E-state index in [1.807, 2.05) is 4.90 Å². The number of anilines is 1. The molecule has 1 atom stereocenters. The Hall–Kier alpha value is -2.31. The van der Waals surface area contributed by atoms with E-state index in [4.69, 9.17) is 14.2 Å². The van der Waals surface area contributed by atoms with Crippen LogP contribution in [0.4, 0.5) is 10.1 Å². The largest absolute Gasteiger partial charge is 0.473 e. The van der Waals surface area contributed by atoms with E-state index in [0.717, 1.165) is 12.8 Å². The topological polar surface area (TPSA) is 65.1 Å². The molecule has 0 N–H and O–H groups in total. The van der Waals surface area contributed by atoms with Crippen molar-refractivity contribution in [3.05, 3.63) is 24.0 Å². The normalized spacial score (nSPS) is 17.6. The molecule has 0 amide bonds. The number of esters is 2. The number of hydrogen-bond donors (Lipinski definition) is 0. The monoisotopic (exact) mass is 409 g/mol. The number of benzene rings is 1. The highest BCUT2D eigenvalue weighted by atomic mass is 19.1. The molecule has 7 heteroatoms. The van der Waals surface area contributed by atoms with Gasteiger partial charge in [-0.25, -0.2) is 9.18 Å². The Bertz CT molecular complexity index is 741. The lowest BCUT2D eigenvalue weighted by Gasteiger charge is -2.34. The maximum atomic E-state index is 15.2. The van der Waals surface area contributed by atoms with E-state index in [1.54, 1.807) is 53.7 Å². The van der Waals surface area contributed by atoms with Crippen molar-refractivity contribution in [1.82, 2.24) is 0 Å². The van der Waals surface area contributed by atoms with Gasteiger partial charge in [-0.2, -0.15) is 0 Å². The Balaban J connectivity index is 2.18. The molecule has 1 aromatic carbocycles. The Kier molecular flexibility index (Phi) is 7.14. The van der Waals surface area contributed by atoms with E-state index in [-0.39, 0.29) is 17.6 Å². The zero-order valence-corrected chi connectivity index (χ0v) is 18.2. The number of nitrogens with zero attached hydrogens (tertiary/aromatic N) is 1. The van der Waals surface area contributed by atoms with Gasteiger partial charge < -0.3 is 19.1 Å². The average molecular weight is 409 g/mol. The fourth-order valence-electron chi connectivity index (χ4n) is 3.19. The fraction of sp³-hybridized carbons (Fsp3) is 0.636. The predicted octanol–water partition coefficient (Wildman–Crippen LogP) is 4.10. The van der Waals surface area contributed by atoms with E-state index in [9.17, 15) is 9.59 Å². The lowest BCUT2D eigenvalue weighted by molar-refractivity contribution is -0.171. The highest BCUT2D eigenvalue weighted by molar-refractivity contribution is 5.79. The number of halogens is 1. The van der Waals surface area contributed by atoms with Crippen molar-refractivity contribution < 1.29 is 28.2 Å². The number of ether oxygens (including phenoxy) is 3. The minimum atomic E-state index is -1.36. The summed E-state index contributed by atoms with van der Waals surface area (Å²) < 4.78 is 31.4. The average Bonchev–Trinajstić information content (AvgIpc) is 2.62. The molecule has 1 heterocycles. The summed E-state index contributed by atoms with van der Waals surface area (Å²) in [7, 11) is 0. The van der Waals surface area contributed by atoms with Gasteiger partial charge in [0.15, 0.2) is 17.2 Å². The highest BCUT2D eigenvalue weighted by Crippen LogP contribution is 2.33. The van der Waals surface area contributed by atoms with E-state index >= 15 is 4.39 Å². The molecular weight excluding hydrogens is 377 g/mol. The lowest BCUT2D eigenvalue weighted by Crippen LogP contribution is -2.43. The molecule has 0 bridgehead atoms. The third-order valence-corrected chi connectivity index (χ3v) is 4.58. The number of piperidine rings is 1. The van der Waals surface area contributed by atoms with Gasteiger partial charge in [-0.1, -0.05) is 6.07 Å². The zero-order chi connectivity index (χ0) is 21.8. The van der Waals surface area contributed by atoms with Crippen LogP contribution in [0.15, 0.2) is 18.2 Å². The summed E-state index contributed by atoms with van der Waals surface area (Å²) in [4.78, 5) is 26.3. The van der Waals surface area contributed by atoms with Crippen molar-refractivity contribution in [1.29, 1.82) is 0 Å². The molecule has 0 unspecified atom stereocenters. The van der Waals surface area contributed by atoms with Gasteiger partial charge >= 0.3 is 11.9 Å². The SMILES string of the molecule is CCOC(=O)[C@@H]1CCCN(c2cccc(OC(C)(C)C(=O)OC(C)(C)C)c2F)C1. The van der Waals surface area contributed by atoms with Gasteiger partial charge in [0.1, 0.15) is 5.60 Å². The van der Waals surface area contributed by atoms with E-state index < -0.39 is 23.0 Å². The van der Waals surface area contributed by atoms with Crippen molar-refractivity contribution in [2.24, 2.45) is 5.92 Å². The molecule has 6 nitrogen and oxygen atoms in total. The molecule has 1 fully saturated rings. The van der Waals surface area contributed by atoms with Gasteiger partial charge in [-0.05, 0) is 66.5 Å². The summed E-state index contributed by atoms with van der Waals surface area (Å²) in [5.41, 5.74) is -1.69.